The van der Waals surface area contributed by atoms with E-state index >= 15 is 0 Å². The number of aryl methyl sites for hydroxylation is 2. The van der Waals surface area contributed by atoms with Crippen LogP contribution in [0.5, 0.6) is 5.75 Å². The Morgan fingerprint density at radius 1 is 1.15 bits per heavy atom. The minimum absolute atomic E-state index is 0.0940. The van der Waals surface area contributed by atoms with Gasteiger partial charge in [0.15, 0.2) is 5.16 Å². The van der Waals surface area contributed by atoms with E-state index in [-0.39, 0.29) is 11.7 Å². The Morgan fingerprint density at radius 2 is 1.96 bits per heavy atom. The van der Waals surface area contributed by atoms with Crippen LogP contribution >= 0.6 is 11.8 Å². The number of carbonyl (C=O) groups is 1. The number of ether oxygens (including phenoxy) is 1. The zero-order chi connectivity index (χ0) is 19.1. The molecule has 3 rings (SSSR count). The number of aromatic nitrogens is 3. The summed E-state index contributed by atoms with van der Waals surface area (Å²) in [5.74, 6) is 1.72. The fraction of sp³-hybridized carbons (Fsp3) is 0.250. The van der Waals surface area contributed by atoms with Crippen LogP contribution in [-0.2, 0) is 17.8 Å². The monoisotopic (exact) mass is 382 g/mol. The van der Waals surface area contributed by atoms with Crippen molar-refractivity contribution in [1.29, 1.82) is 0 Å². The lowest BCUT2D eigenvalue weighted by atomic mass is 10.1. The number of methoxy groups -OCH3 is 1. The Morgan fingerprint density at radius 3 is 2.74 bits per heavy atom. The van der Waals surface area contributed by atoms with Crippen molar-refractivity contribution >= 4 is 23.4 Å². The number of rotatable bonds is 8. The molecule has 0 bridgehead atoms. The zero-order valence-electron chi connectivity index (χ0n) is 15.4. The summed E-state index contributed by atoms with van der Waals surface area (Å²) in [4.78, 5) is 12.3. The summed E-state index contributed by atoms with van der Waals surface area (Å²) in [5, 5.41) is 12.0. The minimum atomic E-state index is -0.0940. The highest BCUT2D eigenvalue weighted by molar-refractivity contribution is 7.99. The molecular formula is C20H22N4O2S. The largest absolute Gasteiger partial charge is 0.497 e. The van der Waals surface area contributed by atoms with Gasteiger partial charge in [-0.25, -0.2) is 0 Å². The van der Waals surface area contributed by atoms with Crippen LogP contribution in [-0.4, -0.2) is 33.5 Å². The highest BCUT2D eigenvalue weighted by Crippen LogP contribution is 2.20. The van der Waals surface area contributed by atoms with Crippen LogP contribution in [0, 0.1) is 6.92 Å². The van der Waals surface area contributed by atoms with Crippen molar-refractivity contribution in [2.24, 2.45) is 0 Å². The fourth-order valence-corrected chi connectivity index (χ4v) is 3.45. The van der Waals surface area contributed by atoms with E-state index in [0.717, 1.165) is 23.9 Å². The predicted octanol–water partition coefficient (Wildman–Crippen LogP) is 3.57. The third-order valence-electron chi connectivity index (χ3n) is 4.05. The van der Waals surface area contributed by atoms with E-state index in [0.29, 0.717) is 11.4 Å². The maximum absolute atomic E-state index is 12.3. The van der Waals surface area contributed by atoms with Gasteiger partial charge in [-0.05, 0) is 31.0 Å². The normalized spacial score (nSPS) is 10.6. The number of hydrogen-bond acceptors (Lipinski definition) is 5. The summed E-state index contributed by atoms with van der Waals surface area (Å²) >= 11 is 1.39. The summed E-state index contributed by atoms with van der Waals surface area (Å²) in [5.41, 5.74) is 1.97. The van der Waals surface area contributed by atoms with Crippen molar-refractivity contribution in [2.45, 2.75) is 25.0 Å². The van der Waals surface area contributed by atoms with Gasteiger partial charge >= 0.3 is 0 Å². The number of thioether (sulfide) groups is 1. The molecular weight excluding hydrogens is 360 g/mol. The van der Waals surface area contributed by atoms with Gasteiger partial charge in [0.1, 0.15) is 11.6 Å². The average molecular weight is 382 g/mol. The number of benzene rings is 2. The molecule has 140 valence electrons. The molecule has 0 unspecified atom stereocenters. The fourth-order valence-electron chi connectivity index (χ4n) is 2.64. The van der Waals surface area contributed by atoms with Crippen LogP contribution in [0.3, 0.4) is 0 Å². The first kappa shape index (κ1) is 19.0. The van der Waals surface area contributed by atoms with Crippen LogP contribution in [0.2, 0.25) is 0 Å². The molecule has 0 fully saturated rings. The summed E-state index contributed by atoms with van der Waals surface area (Å²) in [6.45, 7) is 2.71. The molecule has 0 aliphatic heterocycles. The third kappa shape index (κ3) is 5.34. The molecule has 1 amide bonds. The van der Waals surface area contributed by atoms with Crippen molar-refractivity contribution in [1.82, 2.24) is 14.8 Å². The van der Waals surface area contributed by atoms with E-state index in [1.54, 1.807) is 13.2 Å². The predicted molar refractivity (Wildman–Crippen MR) is 107 cm³/mol. The van der Waals surface area contributed by atoms with E-state index in [1.807, 2.05) is 43.3 Å². The van der Waals surface area contributed by atoms with Crippen molar-refractivity contribution in [3.05, 3.63) is 66.0 Å². The molecule has 7 heteroatoms. The average Bonchev–Trinajstić information content (AvgIpc) is 3.05. The summed E-state index contributed by atoms with van der Waals surface area (Å²) in [6.07, 6.45) is 0.892. The Hall–Kier alpha value is -2.80. The van der Waals surface area contributed by atoms with Gasteiger partial charge in [-0.1, -0.05) is 48.2 Å². The third-order valence-corrected chi connectivity index (χ3v) is 5.02. The van der Waals surface area contributed by atoms with Crippen molar-refractivity contribution in [3.63, 3.8) is 0 Å². The van der Waals surface area contributed by atoms with Gasteiger partial charge in [0.25, 0.3) is 0 Å². The molecule has 3 aromatic rings. The summed E-state index contributed by atoms with van der Waals surface area (Å²) < 4.78 is 7.22. The van der Waals surface area contributed by atoms with E-state index in [2.05, 4.69) is 32.2 Å². The summed E-state index contributed by atoms with van der Waals surface area (Å²) in [7, 11) is 1.60. The molecule has 2 aromatic carbocycles. The van der Waals surface area contributed by atoms with Gasteiger partial charge in [0.2, 0.25) is 5.91 Å². The lowest BCUT2D eigenvalue weighted by molar-refractivity contribution is -0.113. The molecule has 6 nitrogen and oxygen atoms in total. The van der Waals surface area contributed by atoms with Crippen LogP contribution in [0.15, 0.2) is 59.8 Å². The quantitative estimate of drug-likeness (QED) is 0.603. The molecule has 0 saturated heterocycles. The van der Waals surface area contributed by atoms with Gasteiger partial charge in [0, 0.05) is 18.3 Å². The highest BCUT2D eigenvalue weighted by atomic mass is 32.2. The number of nitrogens with one attached hydrogen (secondary N) is 1. The second-order valence-corrected chi connectivity index (χ2v) is 6.93. The second kappa shape index (κ2) is 9.23. The molecule has 1 aromatic heterocycles. The first-order chi connectivity index (χ1) is 13.2. The Kier molecular flexibility index (Phi) is 6.49. The maximum atomic E-state index is 12.3. The molecule has 0 saturated carbocycles. The van der Waals surface area contributed by atoms with Gasteiger partial charge < -0.3 is 14.6 Å². The second-order valence-electron chi connectivity index (χ2n) is 5.99. The molecule has 0 spiro atoms. The topological polar surface area (TPSA) is 69.0 Å². The number of nitrogens with zero attached hydrogens (tertiary/aromatic N) is 3. The number of hydrogen-bond donors (Lipinski definition) is 1. The number of anilines is 1. The van der Waals surface area contributed by atoms with Crippen molar-refractivity contribution in [3.8, 4) is 5.75 Å². The Bertz CT molecular complexity index is 896. The van der Waals surface area contributed by atoms with Crippen molar-refractivity contribution < 1.29 is 9.53 Å². The Labute approximate surface area is 163 Å². The lowest BCUT2D eigenvalue weighted by Crippen LogP contribution is -2.15. The highest BCUT2D eigenvalue weighted by Gasteiger charge is 2.12. The molecule has 27 heavy (non-hydrogen) atoms. The molecule has 0 aliphatic carbocycles. The lowest BCUT2D eigenvalue weighted by Gasteiger charge is -2.09. The van der Waals surface area contributed by atoms with E-state index in [4.69, 9.17) is 4.74 Å². The van der Waals surface area contributed by atoms with Crippen LogP contribution in [0.25, 0.3) is 0 Å². The van der Waals surface area contributed by atoms with Gasteiger partial charge in [0.05, 0.1) is 12.9 Å². The van der Waals surface area contributed by atoms with E-state index in [9.17, 15) is 4.79 Å². The zero-order valence-corrected chi connectivity index (χ0v) is 16.2. The van der Waals surface area contributed by atoms with E-state index < -0.39 is 0 Å². The molecule has 0 radical (unpaired) electrons. The maximum Gasteiger partial charge on any atom is 0.234 e. The van der Waals surface area contributed by atoms with Crippen LogP contribution < -0.4 is 10.1 Å². The van der Waals surface area contributed by atoms with Gasteiger partial charge in [-0.3, -0.25) is 4.79 Å². The first-order valence-electron chi connectivity index (χ1n) is 8.66. The van der Waals surface area contributed by atoms with Crippen LogP contribution in [0.4, 0.5) is 5.69 Å². The molecule has 0 aliphatic rings. The summed E-state index contributed by atoms with van der Waals surface area (Å²) in [6, 6.07) is 17.6. The molecule has 1 N–H and O–H groups in total. The SMILES string of the molecule is COc1cccc(NC(=O)CSc2nnc(C)n2CCc2ccccc2)c1. The van der Waals surface area contributed by atoms with Crippen molar-refractivity contribution in [2.75, 3.05) is 18.2 Å². The number of carbonyl (C=O) groups excluding carboxylic acids is 1. The first-order valence-corrected chi connectivity index (χ1v) is 9.64. The van der Waals surface area contributed by atoms with Gasteiger partial charge in [-0.2, -0.15) is 0 Å². The van der Waals surface area contributed by atoms with E-state index in [1.165, 1.54) is 17.3 Å². The smallest absolute Gasteiger partial charge is 0.234 e. The number of amides is 1. The van der Waals surface area contributed by atoms with Crippen LogP contribution in [0.1, 0.15) is 11.4 Å². The van der Waals surface area contributed by atoms with Gasteiger partial charge in [-0.15, -0.1) is 10.2 Å². The molecule has 1 heterocycles. The Balaban J connectivity index is 1.56. The standard InChI is InChI=1S/C20H22N4O2S/c1-15-22-23-20(24(15)12-11-16-7-4-3-5-8-16)27-14-19(25)21-17-9-6-10-18(13-17)26-2/h3-10,13H,11-12,14H2,1-2H3,(H,21,25). The minimum Gasteiger partial charge on any atom is -0.497 e. The molecule has 0 atom stereocenters.